The molecule has 0 fully saturated rings. The van der Waals surface area contributed by atoms with Gasteiger partial charge < -0.3 is 10.1 Å². The maximum Gasteiger partial charge on any atom is 0.337 e. The normalized spacial score (nSPS) is 10.4. The number of hydrogen-bond donors (Lipinski definition) is 1. The second-order valence-corrected chi connectivity index (χ2v) is 6.20. The maximum absolute atomic E-state index is 12.4. The van der Waals surface area contributed by atoms with E-state index in [-0.39, 0.29) is 11.6 Å². The standard InChI is InChI=1S/C17H12N2O5S/c1-24-17(21)10-2-4-12(5-3-10)18-16(20)15-9-11-8-13(19(22)23)6-7-14(11)25-15/h2-9H,1H3,(H,18,20). The molecule has 3 rings (SSSR count). The summed E-state index contributed by atoms with van der Waals surface area (Å²) >= 11 is 1.25. The number of hydrogen-bond acceptors (Lipinski definition) is 6. The first-order chi connectivity index (χ1) is 12.0. The molecular formula is C17H12N2O5S. The van der Waals surface area contributed by atoms with E-state index in [1.54, 1.807) is 36.4 Å². The van der Waals surface area contributed by atoms with Gasteiger partial charge in [0, 0.05) is 27.9 Å². The fraction of sp³-hybridized carbons (Fsp3) is 0.0588. The van der Waals surface area contributed by atoms with E-state index >= 15 is 0 Å². The molecule has 0 saturated heterocycles. The molecule has 8 heteroatoms. The van der Waals surface area contributed by atoms with Gasteiger partial charge in [0.1, 0.15) is 0 Å². The number of nitrogens with one attached hydrogen (secondary N) is 1. The molecule has 0 unspecified atom stereocenters. The molecule has 0 bridgehead atoms. The van der Waals surface area contributed by atoms with Crippen LogP contribution in [0.5, 0.6) is 0 Å². The summed E-state index contributed by atoms with van der Waals surface area (Å²) in [7, 11) is 1.30. The van der Waals surface area contributed by atoms with Crippen LogP contribution in [0.3, 0.4) is 0 Å². The molecule has 1 N–H and O–H groups in total. The number of nitro benzene ring substituents is 1. The number of non-ortho nitro benzene ring substituents is 1. The number of esters is 1. The van der Waals surface area contributed by atoms with Crippen molar-refractivity contribution in [3.63, 3.8) is 0 Å². The Morgan fingerprint density at radius 3 is 2.48 bits per heavy atom. The summed E-state index contributed by atoms with van der Waals surface area (Å²) in [5.74, 6) is -0.779. The van der Waals surface area contributed by atoms with E-state index in [1.807, 2.05) is 0 Å². The highest BCUT2D eigenvalue weighted by molar-refractivity contribution is 7.20. The molecule has 0 aliphatic heterocycles. The summed E-state index contributed by atoms with van der Waals surface area (Å²) in [6.45, 7) is 0. The Morgan fingerprint density at radius 2 is 1.84 bits per heavy atom. The zero-order valence-corrected chi connectivity index (χ0v) is 13.8. The van der Waals surface area contributed by atoms with Crippen molar-refractivity contribution in [3.8, 4) is 0 Å². The number of nitrogens with zero attached hydrogens (tertiary/aromatic N) is 1. The van der Waals surface area contributed by atoms with Gasteiger partial charge in [-0.25, -0.2) is 4.79 Å². The van der Waals surface area contributed by atoms with Crippen molar-refractivity contribution in [2.45, 2.75) is 0 Å². The number of rotatable bonds is 4. The zero-order valence-electron chi connectivity index (χ0n) is 13.0. The monoisotopic (exact) mass is 356 g/mol. The molecule has 2 aromatic carbocycles. The Balaban J connectivity index is 1.80. The second kappa shape index (κ2) is 6.70. The first-order valence-electron chi connectivity index (χ1n) is 7.15. The van der Waals surface area contributed by atoms with Crippen LogP contribution in [0.15, 0.2) is 48.5 Å². The summed E-state index contributed by atoms with van der Waals surface area (Å²) in [5.41, 5.74) is 0.895. The number of benzene rings is 2. The molecule has 0 radical (unpaired) electrons. The van der Waals surface area contributed by atoms with Gasteiger partial charge in [-0.3, -0.25) is 14.9 Å². The lowest BCUT2D eigenvalue weighted by Gasteiger charge is -2.04. The third-order valence-electron chi connectivity index (χ3n) is 3.50. The molecule has 0 saturated carbocycles. The number of amides is 1. The lowest BCUT2D eigenvalue weighted by atomic mass is 10.2. The van der Waals surface area contributed by atoms with Crippen LogP contribution in [0.2, 0.25) is 0 Å². The molecule has 1 aromatic heterocycles. The average molecular weight is 356 g/mol. The van der Waals surface area contributed by atoms with Gasteiger partial charge in [-0.15, -0.1) is 11.3 Å². The Morgan fingerprint density at radius 1 is 1.12 bits per heavy atom. The van der Waals surface area contributed by atoms with Crippen LogP contribution in [-0.4, -0.2) is 23.9 Å². The molecule has 3 aromatic rings. The summed E-state index contributed by atoms with van der Waals surface area (Å²) < 4.78 is 5.40. The lowest BCUT2D eigenvalue weighted by Crippen LogP contribution is -2.10. The molecule has 126 valence electrons. The van der Waals surface area contributed by atoms with Crippen LogP contribution >= 0.6 is 11.3 Å². The third-order valence-corrected chi connectivity index (χ3v) is 4.61. The Kier molecular flexibility index (Phi) is 4.44. The Bertz CT molecular complexity index is 978. The first kappa shape index (κ1) is 16.6. The summed E-state index contributed by atoms with van der Waals surface area (Å²) in [4.78, 5) is 34.5. The van der Waals surface area contributed by atoms with Crippen molar-refractivity contribution < 1.29 is 19.2 Å². The lowest BCUT2D eigenvalue weighted by molar-refractivity contribution is -0.384. The number of fused-ring (bicyclic) bond motifs is 1. The highest BCUT2D eigenvalue weighted by Crippen LogP contribution is 2.29. The average Bonchev–Trinajstić information content (AvgIpc) is 3.05. The largest absolute Gasteiger partial charge is 0.465 e. The van der Waals surface area contributed by atoms with Crippen molar-refractivity contribution in [1.29, 1.82) is 0 Å². The Labute approximate surface area is 146 Å². The van der Waals surface area contributed by atoms with E-state index < -0.39 is 10.9 Å². The van der Waals surface area contributed by atoms with Crippen molar-refractivity contribution in [1.82, 2.24) is 0 Å². The van der Waals surface area contributed by atoms with E-state index in [1.165, 1.54) is 30.6 Å². The number of thiophene rings is 1. The van der Waals surface area contributed by atoms with E-state index in [4.69, 9.17) is 0 Å². The van der Waals surface area contributed by atoms with Crippen LogP contribution < -0.4 is 5.32 Å². The molecule has 7 nitrogen and oxygen atoms in total. The van der Waals surface area contributed by atoms with Crippen molar-refractivity contribution in [2.75, 3.05) is 12.4 Å². The minimum absolute atomic E-state index is 0.0179. The highest BCUT2D eigenvalue weighted by Gasteiger charge is 2.14. The van der Waals surface area contributed by atoms with Crippen LogP contribution in [0, 0.1) is 10.1 Å². The van der Waals surface area contributed by atoms with Crippen LogP contribution in [0.25, 0.3) is 10.1 Å². The fourth-order valence-electron chi connectivity index (χ4n) is 2.26. The Hall–Kier alpha value is -3.26. The number of ether oxygens (including phenoxy) is 1. The minimum Gasteiger partial charge on any atom is -0.465 e. The van der Waals surface area contributed by atoms with Gasteiger partial charge in [0.25, 0.3) is 11.6 Å². The van der Waals surface area contributed by atoms with Gasteiger partial charge >= 0.3 is 5.97 Å². The number of carbonyl (C=O) groups excluding carboxylic acids is 2. The summed E-state index contributed by atoms with van der Waals surface area (Å²) in [6, 6.07) is 12.4. The zero-order chi connectivity index (χ0) is 18.0. The van der Waals surface area contributed by atoms with Crippen molar-refractivity contribution in [3.05, 3.63) is 69.1 Å². The van der Waals surface area contributed by atoms with E-state index in [0.29, 0.717) is 21.5 Å². The fourth-order valence-corrected chi connectivity index (χ4v) is 3.19. The van der Waals surface area contributed by atoms with Crippen LogP contribution in [0.1, 0.15) is 20.0 Å². The van der Waals surface area contributed by atoms with Gasteiger partial charge in [-0.2, -0.15) is 0 Å². The van der Waals surface area contributed by atoms with E-state index in [0.717, 1.165) is 4.70 Å². The molecule has 0 aliphatic carbocycles. The maximum atomic E-state index is 12.4. The number of nitro groups is 1. The number of methoxy groups -OCH3 is 1. The quantitative estimate of drug-likeness (QED) is 0.435. The highest BCUT2D eigenvalue weighted by atomic mass is 32.1. The van der Waals surface area contributed by atoms with Gasteiger partial charge in [-0.1, -0.05) is 0 Å². The van der Waals surface area contributed by atoms with E-state index in [2.05, 4.69) is 10.1 Å². The topological polar surface area (TPSA) is 98.5 Å². The molecule has 0 aliphatic rings. The smallest absolute Gasteiger partial charge is 0.337 e. The summed E-state index contributed by atoms with van der Waals surface area (Å²) in [6.07, 6.45) is 0. The minimum atomic E-state index is -0.473. The number of anilines is 1. The van der Waals surface area contributed by atoms with Crippen LogP contribution in [-0.2, 0) is 4.74 Å². The van der Waals surface area contributed by atoms with Crippen LogP contribution in [0.4, 0.5) is 11.4 Å². The second-order valence-electron chi connectivity index (χ2n) is 5.11. The van der Waals surface area contributed by atoms with Gasteiger partial charge in [0.2, 0.25) is 0 Å². The molecule has 0 spiro atoms. The van der Waals surface area contributed by atoms with E-state index in [9.17, 15) is 19.7 Å². The van der Waals surface area contributed by atoms with Gasteiger partial charge in [-0.05, 0) is 36.4 Å². The summed E-state index contributed by atoms with van der Waals surface area (Å²) in [5, 5.41) is 14.2. The van der Waals surface area contributed by atoms with Gasteiger partial charge in [0.05, 0.1) is 22.5 Å². The molecule has 0 atom stereocenters. The third kappa shape index (κ3) is 3.48. The predicted octanol–water partition coefficient (Wildman–Crippen LogP) is 3.85. The van der Waals surface area contributed by atoms with Crippen molar-refractivity contribution in [2.24, 2.45) is 0 Å². The molecular weight excluding hydrogens is 344 g/mol. The van der Waals surface area contributed by atoms with Gasteiger partial charge in [0.15, 0.2) is 0 Å². The molecule has 25 heavy (non-hydrogen) atoms. The first-order valence-corrected chi connectivity index (χ1v) is 7.97. The SMILES string of the molecule is COC(=O)c1ccc(NC(=O)c2cc3cc([N+](=O)[O-])ccc3s2)cc1. The molecule has 1 amide bonds. The predicted molar refractivity (Wildman–Crippen MR) is 94.2 cm³/mol. The molecule has 1 heterocycles. The van der Waals surface area contributed by atoms with Crippen molar-refractivity contribution >= 4 is 44.7 Å². The number of carbonyl (C=O) groups is 2.